The highest BCUT2D eigenvalue weighted by atomic mass is 32.2. The summed E-state index contributed by atoms with van der Waals surface area (Å²) < 4.78 is 38.8. The lowest BCUT2D eigenvalue weighted by Crippen LogP contribution is -2.37. The van der Waals surface area contributed by atoms with E-state index >= 15 is 0 Å². The highest BCUT2D eigenvalue weighted by Gasteiger charge is 2.27. The highest BCUT2D eigenvalue weighted by Crippen LogP contribution is 2.31. The van der Waals surface area contributed by atoms with Gasteiger partial charge in [-0.3, -0.25) is 4.79 Å². The minimum absolute atomic E-state index is 0.0252. The van der Waals surface area contributed by atoms with E-state index in [9.17, 15) is 13.2 Å². The Bertz CT molecular complexity index is 1100. The van der Waals surface area contributed by atoms with Crippen molar-refractivity contribution in [1.82, 2.24) is 4.31 Å². The van der Waals surface area contributed by atoms with Crippen LogP contribution in [0.25, 0.3) is 0 Å². The fourth-order valence-corrected chi connectivity index (χ4v) is 5.81. The SMILES string of the molecule is COc1ccccc1NC(=O)CNc1cc(S(=O)(=O)N2CCCCC2)ccc1N1CCOCC1. The fraction of sp³-hybridized carbons (Fsp3) is 0.458. The Morgan fingerprint density at radius 1 is 1.00 bits per heavy atom. The average molecular weight is 489 g/mol. The van der Waals surface area contributed by atoms with E-state index in [1.165, 1.54) is 0 Å². The van der Waals surface area contributed by atoms with Gasteiger partial charge in [-0.15, -0.1) is 0 Å². The van der Waals surface area contributed by atoms with Crippen LogP contribution in [-0.2, 0) is 19.6 Å². The van der Waals surface area contributed by atoms with E-state index < -0.39 is 10.0 Å². The number of methoxy groups -OCH3 is 1. The number of nitrogens with one attached hydrogen (secondary N) is 2. The number of carbonyl (C=O) groups is 1. The molecule has 2 aliphatic rings. The minimum Gasteiger partial charge on any atom is -0.495 e. The molecule has 0 aromatic heterocycles. The van der Waals surface area contributed by atoms with Gasteiger partial charge in [-0.05, 0) is 43.2 Å². The Hall–Kier alpha value is -2.82. The van der Waals surface area contributed by atoms with Crippen LogP contribution in [0.2, 0.25) is 0 Å². The van der Waals surface area contributed by atoms with Gasteiger partial charge in [-0.25, -0.2) is 8.42 Å². The molecule has 2 saturated heterocycles. The Morgan fingerprint density at radius 2 is 1.74 bits per heavy atom. The Morgan fingerprint density at radius 3 is 2.47 bits per heavy atom. The molecule has 2 aromatic carbocycles. The smallest absolute Gasteiger partial charge is 0.243 e. The van der Waals surface area contributed by atoms with E-state index in [1.54, 1.807) is 35.7 Å². The number of hydrogen-bond acceptors (Lipinski definition) is 7. The lowest BCUT2D eigenvalue weighted by molar-refractivity contribution is -0.114. The first kappa shape index (κ1) is 24.3. The van der Waals surface area contributed by atoms with Crippen molar-refractivity contribution in [3.63, 3.8) is 0 Å². The van der Waals surface area contributed by atoms with E-state index in [-0.39, 0.29) is 17.3 Å². The summed E-state index contributed by atoms with van der Waals surface area (Å²) in [4.78, 5) is 15.1. The van der Waals surface area contributed by atoms with Crippen molar-refractivity contribution in [2.45, 2.75) is 24.2 Å². The van der Waals surface area contributed by atoms with Crippen molar-refractivity contribution in [3.8, 4) is 5.75 Å². The van der Waals surface area contributed by atoms with E-state index in [4.69, 9.17) is 9.47 Å². The number of anilines is 3. The summed E-state index contributed by atoms with van der Waals surface area (Å²) in [6.45, 7) is 3.64. The molecule has 0 saturated carbocycles. The summed E-state index contributed by atoms with van der Waals surface area (Å²) in [5.41, 5.74) is 2.03. The van der Waals surface area contributed by atoms with Gasteiger partial charge in [0.1, 0.15) is 5.75 Å². The predicted molar refractivity (Wildman–Crippen MR) is 132 cm³/mol. The quantitative estimate of drug-likeness (QED) is 0.589. The van der Waals surface area contributed by atoms with E-state index in [1.807, 2.05) is 18.2 Å². The second kappa shape index (κ2) is 11.1. The number of nitrogens with zero attached hydrogens (tertiary/aromatic N) is 2. The Labute approximate surface area is 201 Å². The second-order valence-electron chi connectivity index (χ2n) is 8.35. The maximum absolute atomic E-state index is 13.2. The number of benzene rings is 2. The largest absolute Gasteiger partial charge is 0.495 e. The Balaban J connectivity index is 1.55. The number of amides is 1. The average Bonchev–Trinajstić information content (AvgIpc) is 2.88. The van der Waals surface area contributed by atoms with E-state index in [2.05, 4.69) is 15.5 Å². The molecule has 2 fully saturated rings. The number of ether oxygens (including phenoxy) is 2. The third-order valence-corrected chi connectivity index (χ3v) is 7.99. The molecule has 34 heavy (non-hydrogen) atoms. The normalized spacial score (nSPS) is 17.3. The Kier molecular flexibility index (Phi) is 7.91. The van der Waals surface area contributed by atoms with Gasteiger partial charge in [-0.1, -0.05) is 18.6 Å². The van der Waals surface area contributed by atoms with Crippen molar-refractivity contribution in [3.05, 3.63) is 42.5 Å². The summed E-state index contributed by atoms with van der Waals surface area (Å²) in [6.07, 6.45) is 2.80. The molecule has 4 rings (SSSR count). The number of para-hydroxylation sites is 2. The fourth-order valence-electron chi connectivity index (χ4n) is 4.27. The third kappa shape index (κ3) is 5.63. The summed E-state index contributed by atoms with van der Waals surface area (Å²) in [6, 6.07) is 12.3. The zero-order valence-corrected chi connectivity index (χ0v) is 20.3. The molecular weight excluding hydrogens is 456 g/mol. The molecule has 0 radical (unpaired) electrons. The van der Waals surface area contributed by atoms with Gasteiger partial charge in [0.15, 0.2) is 0 Å². The molecule has 2 N–H and O–H groups in total. The molecule has 184 valence electrons. The van der Waals surface area contributed by atoms with E-state index in [0.29, 0.717) is 56.5 Å². The van der Waals surface area contributed by atoms with Crippen molar-refractivity contribution in [1.29, 1.82) is 0 Å². The number of hydrogen-bond donors (Lipinski definition) is 2. The van der Waals surface area contributed by atoms with E-state index in [0.717, 1.165) is 24.9 Å². The lowest BCUT2D eigenvalue weighted by atomic mass is 10.2. The molecule has 10 heteroatoms. The zero-order valence-electron chi connectivity index (χ0n) is 19.5. The molecule has 9 nitrogen and oxygen atoms in total. The van der Waals surface area contributed by atoms with Crippen molar-refractivity contribution >= 4 is 33.0 Å². The van der Waals surface area contributed by atoms with Gasteiger partial charge in [0.25, 0.3) is 0 Å². The number of carbonyl (C=O) groups excluding carboxylic acids is 1. The maximum Gasteiger partial charge on any atom is 0.243 e. The summed E-state index contributed by atoms with van der Waals surface area (Å²) in [5, 5.41) is 6.01. The molecule has 2 heterocycles. The predicted octanol–water partition coefficient (Wildman–Crippen LogP) is 2.76. The molecule has 1 amide bonds. The standard InChI is InChI=1S/C24H32N4O5S/c1-32-23-8-4-3-7-20(23)26-24(29)18-25-21-17-19(34(30,31)28-11-5-2-6-12-28)9-10-22(21)27-13-15-33-16-14-27/h3-4,7-10,17,25H,2,5-6,11-16,18H2,1H3,(H,26,29). The summed E-state index contributed by atoms with van der Waals surface area (Å²) in [7, 11) is -2.05. The minimum atomic E-state index is -3.60. The zero-order chi connectivity index (χ0) is 24.0. The summed E-state index contributed by atoms with van der Waals surface area (Å²) >= 11 is 0. The first-order valence-corrected chi connectivity index (χ1v) is 13.1. The van der Waals surface area contributed by atoms with Crippen LogP contribution in [0.5, 0.6) is 5.75 Å². The van der Waals surface area contributed by atoms with Gasteiger partial charge in [-0.2, -0.15) is 4.31 Å². The molecule has 0 unspecified atom stereocenters. The molecule has 2 aliphatic heterocycles. The molecule has 0 atom stereocenters. The number of piperidine rings is 1. The highest BCUT2D eigenvalue weighted by molar-refractivity contribution is 7.89. The van der Waals surface area contributed by atoms with Gasteiger partial charge in [0.2, 0.25) is 15.9 Å². The summed E-state index contributed by atoms with van der Waals surface area (Å²) in [5.74, 6) is 0.307. The number of morpholine rings is 1. The first-order chi connectivity index (χ1) is 16.5. The van der Waals surface area contributed by atoms with Gasteiger partial charge in [0.05, 0.1) is 48.8 Å². The molecular formula is C24H32N4O5S. The monoisotopic (exact) mass is 488 g/mol. The topological polar surface area (TPSA) is 100 Å². The van der Waals surface area contributed by atoms with Crippen molar-refractivity contribution in [2.75, 3.05) is 68.6 Å². The van der Waals surface area contributed by atoms with Crippen LogP contribution >= 0.6 is 0 Å². The maximum atomic E-state index is 13.2. The van der Waals surface area contributed by atoms with Crippen LogP contribution in [0.1, 0.15) is 19.3 Å². The van der Waals surface area contributed by atoms with Gasteiger partial charge < -0.3 is 25.0 Å². The third-order valence-electron chi connectivity index (χ3n) is 6.09. The lowest BCUT2D eigenvalue weighted by Gasteiger charge is -2.31. The van der Waals surface area contributed by atoms with Crippen LogP contribution in [0.3, 0.4) is 0 Å². The number of rotatable bonds is 8. The van der Waals surface area contributed by atoms with Crippen molar-refractivity contribution in [2.24, 2.45) is 0 Å². The molecule has 2 aromatic rings. The molecule has 0 aliphatic carbocycles. The van der Waals surface area contributed by atoms with Gasteiger partial charge in [0, 0.05) is 26.2 Å². The second-order valence-corrected chi connectivity index (χ2v) is 10.3. The van der Waals surface area contributed by atoms with Crippen molar-refractivity contribution < 1.29 is 22.7 Å². The van der Waals surface area contributed by atoms with Crippen LogP contribution in [-0.4, -0.2) is 71.7 Å². The van der Waals surface area contributed by atoms with Gasteiger partial charge >= 0.3 is 0 Å². The first-order valence-electron chi connectivity index (χ1n) is 11.6. The molecule has 0 spiro atoms. The van der Waals surface area contributed by atoms with Crippen LogP contribution in [0, 0.1) is 0 Å². The van der Waals surface area contributed by atoms with Crippen LogP contribution < -0.4 is 20.3 Å². The van der Waals surface area contributed by atoms with Crippen LogP contribution in [0.4, 0.5) is 17.1 Å². The molecule has 0 bridgehead atoms. The van der Waals surface area contributed by atoms with Crippen LogP contribution in [0.15, 0.2) is 47.4 Å². The number of sulfonamides is 1.